The Morgan fingerprint density at radius 1 is 1.08 bits per heavy atom. The largest absolute Gasteiger partial charge is 0.493 e. The topological polar surface area (TPSA) is 189 Å². The van der Waals surface area contributed by atoms with Gasteiger partial charge in [0, 0.05) is 100 Å². The Kier molecular flexibility index (Phi) is 12.4. The van der Waals surface area contributed by atoms with Crippen molar-refractivity contribution in [2.24, 2.45) is 15.7 Å². The molecule has 15 nitrogen and oxygen atoms in total. The molecule has 18 heteroatoms. The number of nitro groups is 1. The van der Waals surface area contributed by atoms with E-state index in [4.69, 9.17) is 21.1 Å². The molecule has 5 heterocycles. The summed E-state index contributed by atoms with van der Waals surface area (Å²) in [6.07, 6.45) is 8.35. The molecule has 4 aliphatic rings. The van der Waals surface area contributed by atoms with Gasteiger partial charge in [0.1, 0.15) is 22.9 Å². The Labute approximate surface area is 383 Å². The smallest absolute Gasteiger partial charge is 0.277 e. The van der Waals surface area contributed by atoms with E-state index >= 15 is 0 Å². The number of pyridine rings is 1. The third kappa shape index (κ3) is 10.0. The first-order chi connectivity index (χ1) is 31.1. The van der Waals surface area contributed by atoms with Gasteiger partial charge in [-0.05, 0) is 91.5 Å². The molecular formula is C47H52ClN7O8S2. The highest BCUT2D eigenvalue weighted by molar-refractivity contribution is 7.93. The molecule has 3 aromatic carbocycles. The number of ether oxygens (including phenoxy) is 2. The van der Waals surface area contributed by atoms with E-state index < -0.39 is 41.2 Å². The molecule has 0 radical (unpaired) electrons. The van der Waals surface area contributed by atoms with Crippen LogP contribution in [0.4, 0.5) is 11.4 Å². The van der Waals surface area contributed by atoms with Crippen molar-refractivity contribution in [3.8, 4) is 17.2 Å². The number of benzene rings is 3. The number of fused-ring (bicyclic) bond motifs is 2. The summed E-state index contributed by atoms with van der Waals surface area (Å²) in [5.41, 5.74) is 5.45. The van der Waals surface area contributed by atoms with Crippen LogP contribution in [-0.4, -0.2) is 95.7 Å². The summed E-state index contributed by atoms with van der Waals surface area (Å²) >= 11 is 6.25. The van der Waals surface area contributed by atoms with Crippen LogP contribution in [0, 0.1) is 21.4 Å². The molecule has 0 saturated carbocycles. The zero-order valence-corrected chi connectivity index (χ0v) is 38.8. The normalized spacial score (nSPS) is 19.7. The molecule has 0 spiro atoms. The predicted molar refractivity (Wildman–Crippen MR) is 252 cm³/mol. The van der Waals surface area contributed by atoms with Gasteiger partial charge in [-0.25, -0.2) is 26.7 Å². The maximum Gasteiger partial charge on any atom is 0.277 e. The number of piperazine rings is 1. The van der Waals surface area contributed by atoms with Crippen LogP contribution in [0.15, 0.2) is 94.0 Å². The fourth-order valence-corrected chi connectivity index (χ4v) is 12.7. The van der Waals surface area contributed by atoms with Crippen LogP contribution in [0.25, 0.3) is 16.6 Å². The number of aromatic nitrogens is 2. The van der Waals surface area contributed by atoms with Crippen molar-refractivity contribution < 1.29 is 31.8 Å². The number of carbonyl (C=O) groups excluding carboxylic acids is 1. The maximum atomic E-state index is 14.1. The number of hydrogen-bond donors (Lipinski definition) is 2. The zero-order chi connectivity index (χ0) is 45.5. The molecule has 342 valence electrons. The van der Waals surface area contributed by atoms with Gasteiger partial charge in [0.2, 0.25) is 0 Å². The fraction of sp³-hybridized carbons (Fsp3) is 0.404. The standard InChI is InChI=1S/C47H52ClN7O8S2/c1-47(2)13-11-34(41(26-47)32-5-7-35(48)8-6-32)29-53-15-17-54(18-16-53)36-9-10-39(44(23-36)63-37-22-33-12-14-49-45(33)50-28-37)46(56)52-65(60,61)38-24-42(55(57)58)40-21-31(30-62-43(40)25-38)27-51-64(59)19-3-4-20-64/h5-10,12,14,22-25,28,31H,3-4,11,13,15-21,26-27,29-30H2,1-2H3,(H,49,50)(H,52,56)/t31-/m1/s1. The third-order valence-corrected chi connectivity index (χ3v) is 17.0. The summed E-state index contributed by atoms with van der Waals surface area (Å²) in [6, 6.07) is 18.9. The van der Waals surface area contributed by atoms with Crippen molar-refractivity contribution in [3.05, 3.63) is 117 Å². The SMILES string of the molecule is CC1(C)CCC(CN2CCN(c3ccc(C(=O)NS(=O)(=O)c4cc5c(c([N+](=O)[O-])c4)C[C@H](CN=S4(=O)CCCC4)CO5)c(Oc4cnc5[nH]ccc5c4)c3)CC2)=C(c2ccc(Cl)cc2)C1. The van der Waals surface area contributed by atoms with E-state index in [9.17, 15) is 27.5 Å². The highest BCUT2D eigenvalue weighted by Gasteiger charge is 2.34. The second-order valence-corrected chi connectivity index (χ2v) is 23.0. The number of nitrogens with zero attached hydrogens (tertiary/aromatic N) is 5. The van der Waals surface area contributed by atoms with Gasteiger partial charge in [-0.1, -0.05) is 43.2 Å². The van der Waals surface area contributed by atoms with Gasteiger partial charge >= 0.3 is 0 Å². The minimum absolute atomic E-state index is 0.0378. The van der Waals surface area contributed by atoms with Gasteiger partial charge in [-0.15, -0.1) is 0 Å². The molecule has 3 aliphatic heterocycles. The molecule has 9 rings (SSSR count). The number of allylic oxidation sites excluding steroid dienone is 1. The minimum atomic E-state index is -4.67. The molecule has 5 aromatic rings. The number of rotatable bonds is 12. The van der Waals surface area contributed by atoms with Gasteiger partial charge in [0.05, 0.1) is 40.3 Å². The van der Waals surface area contributed by atoms with Crippen molar-refractivity contribution in [3.63, 3.8) is 0 Å². The number of sulfonamides is 1. The molecule has 2 aromatic heterocycles. The Bertz CT molecular complexity index is 2920. The molecule has 0 bridgehead atoms. The Morgan fingerprint density at radius 2 is 1.85 bits per heavy atom. The lowest BCUT2D eigenvalue weighted by Crippen LogP contribution is -2.47. The minimum Gasteiger partial charge on any atom is -0.493 e. The summed E-state index contributed by atoms with van der Waals surface area (Å²) in [7, 11) is -6.95. The second-order valence-electron chi connectivity index (χ2n) is 18.3. The fourth-order valence-electron chi connectivity index (χ4n) is 9.27. The monoisotopic (exact) mass is 941 g/mol. The highest BCUT2D eigenvalue weighted by Crippen LogP contribution is 2.44. The first kappa shape index (κ1) is 44.7. The van der Waals surface area contributed by atoms with Gasteiger partial charge < -0.3 is 19.4 Å². The van der Waals surface area contributed by atoms with Crippen molar-refractivity contribution in [1.29, 1.82) is 0 Å². The molecule has 1 atom stereocenters. The molecule has 65 heavy (non-hydrogen) atoms. The summed E-state index contributed by atoms with van der Waals surface area (Å²) in [5.74, 6) is 0.318. The first-order valence-electron chi connectivity index (χ1n) is 22.0. The lowest BCUT2D eigenvalue weighted by atomic mass is 9.72. The number of nitrogens with one attached hydrogen (secondary N) is 2. The number of carbonyl (C=O) groups is 1. The quantitative estimate of drug-likeness (QED) is 0.0900. The van der Waals surface area contributed by atoms with E-state index in [-0.39, 0.29) is 53.5 Å². The second kappa shape index (κ2) is 18.1. The molecule has 0 unspecified atom stereocenters. The lowest BCUT2D eigenvalue weighted by molar-refractivity contribution is -0.386. The van der Waals surface area contributed by atoms with Gasteiger partial charge in [-0.3, -0.25) is 19.8 Å². The molecule has 1 amide bonds. The van der Waals surface area contributed by atoms with Crippen molar-refractivity contribution >= 4 is 65.2 Å². The van der Waals surface area contributed by atoms with Crippen LogP contribution >= 0.6 is 11.6 Å². The highest BCUT2D eigenvalue weighted by atomic mass is 35.5. The molecule has 2 saturated heterocycles. The average molecular weight is 943 g/mol. The van der Waals surface area contributed by atoms with Gasteiger partial charge in [0.15, 0.2) is 0 Å². The maximum absolute atomic E-state index is 14.1. The van der Waals surface area contributed by atoms with Crippen LogP contribution in [0.2, 0.25) is 5.02 Å². The Balaban J connectivity index is 0.940. The van der Waals surface area contributed by atoms with E-state index in [0.29, 0.717) is 36.0 Å². The number of anilines is 1. The van der Waals surface area contributed by atoms with Crippen molar-refractivity contribution in [2.45, 2.75) is 57.3 Å². The van der Waals surface area contributed by atoms with E-state index in [2.05, 4.69) is 54.8 Å². The van der Waals surface area contributed by atoms with Crippen molar-refractivity contribution in [2.75, 3.05) is 62.3 Å². The lowest BCUT2D eigenvalue weighted by Gasteiger charge is -2.39. The van der Waals surface area contributed by atoms with E-state index in [1.54, 1.807) is 24.4 Å². The summed E-state index contributed by atoms with van der Waals surface area (Å²) in [4.78, 5) is 37.4. The van der Waals surface area contributed by atoms with E-state index in [1.165, 1.54) is 35.0 Å². The third-order valence-electron chi connectivity index (χ3n) is 12.9. The number of amides is 1. The van der Waals surface area contributed by atoms with Crippen LogP contribution in [-0.2, 0) is 26.2 Å². The molecule has 2 N–H and O–H groups in total. The molecular weight excluding hydrogens is 890 g/mol. The van der Waals surface area contributed by atoms with Crippen molar-refractivity contribution in [1.82, 2.24) is 19.6 Å². The van der Waals surface area contributed by atoms with Gasteiger partial charge in [-0.2, -0.15) is 0 Å². The number of aromatic amines is 1. The molecule has 2 fully saturated rings. The van der Waals surface area contributed by atoms with E-state index in [0.717, 1.165) is 73.9 Å². The number of nitro benzene ring substituents is 1. The summed E-state index contributed by atoms with van der Waals surface area (Å²) < 4.78 is 59.6. The van der Waals surface area contributed by atoms with Gasteiger partial charge in [0.25, 0.3) is 21.6 Å². The molecule has 1 aliphatic carbocycles. The number of H-pyrrole nitrogens is 1. The summed E-state index contributed by atoms with van der Waals surface area (Å²) in [5, 5.41) is 13.8. The van der Waals surface area contributed by atoms with E-state index in [1.807, 2.05) is 18.2 Å². The number of hydrogen-bond acceptors (Lipinski definition) is 12. The predicted octanol–water partition coefficient (Wildman–Crippen LogP) is 8.63. The number of halogens is 1. The Morgan fingerprint density at radius 3 is 2.60 bits per heavy atom. The zero-order valence-electron chi connectivity index (χ0n) is 36.4. The average Bonchev–Trinajstić information content (AvgIpc) is 3.95. The first-order valence-corrected chi connectivity index (χ1v) is 25.7. The van der Waals surface area contributed by atoms with Crippen LogP contribution < -0.4 is 19.1 Å². The summed E-state index contributed by atoms with van der Waals surface area (Å²) in [6.45, 7) is 8.90. The van der Waals surface area contributed by atoms with Crippen LogP contribution in [0.3, 0.4) is 0 Å². The van der Waals surface area contributed by atoms with Crippen LogP contribution in [0.1, 0.15) is 67.4 Å². The Hall–Kier alpha value is -5.49. The van der Waals surface area contributed by atoms with Crippen LogP contribution in [0.5, 0.6) is 17.2 Å².